The fourth-order valence-corrected chi connectivity index (χ4v) is 5.20. The highest BCUT2D eigenvalue weighted by molar-refractivity contribution is 7.89. The van der Waals surface area contributed by atoms with Gasteiger partial charge in [-0.15, -0.1) is 0 Å². The monoisotopic (exact) mass is 428 g/mol. The number of anilines is 1. The van der Waals surface area contributed by atoms with Crippen LogP contribution in [0.15, 0.2) is 53.4 Å². The van der Waals surface area contributed by atoms with Crippen LogP contribution in [0, 0.1) is 5.92 Å². The molecule has 1 fully saturated rings. The third kappa shape index (κ3) is 5.10. The highest BCUT2D eigenvalue weighted by atomic mass is 32.2. The number of hydrogen-bond donors (Lipinski definition) is 1. The molecule has 6 heteroatoms. The van der Waals surface area contributed by atoms with Gasteiger partial charge in [0.1, 0.15) is 0 Å². The number of piperidine rings is 1. The summed E-state index contributed by atoms with van der Waals surface area (Å²) in [5.74, 6) is 0.593. The molecule has 0 unspecified atom stereocenters. The van der Waals surface area contributed by atoms with Crippen LogP contribution in [0.1, 0.15) is 63.5 Å². The summed E-state index contributed by atoms with van der Waals surface area (Å²) in [5.41, 5.74) is 3.13. The summed E-state index contributed by atoms with van der Waals surface area (Å²) in [4.78, 5) is 13.0. The maximum Gasteiger partial charge on any atom is 0.243 e. The second kappa shape index (κ2) is 9.31. The number of benzene rings is 2. The van der Waals surface area contributed by atoms with Gasteiger partial charge in [0.05, 0.1) is 4.90 Å². The Kier molecular flexibility index (Phi) is 6.98. The van der Waals surface area contributed by atoms with E-state index >= 15 is 0 Å². The quantitative estimate of drug-likeness (QED) is 0.706. The molecule has 162 valence electrons. The first-order valence-electron chi connectivity index (χ1n) is 10.7. The zero-order valence-corrected chi connectivity index (χ0v) is 19.1. The predicted molar refractivity (Wildman–Crippen MR) is 121 cm³/mol. The highest BCUT2D eigenvalue weighted by Crippen LogP contribution is 2.26. The molecular formula is C24H32N2O3S. The van der Waals surface area contributed by atoms with Gasteiger partial charge in [-0.1, -0.05) is 52.0 Å². The number of nitrogens with zero attached hydrogens (tertiary/aromatic N) is 1. The molecule has 5 nitrogen and oxygen atoms in total. The van der Waals surface area contributed by atoms with Gasteiger partial charge >= 0.3 is 0 Å². The van der Waals surface area contributed by atoms with E-state index in [9.17, 15) is 13.2 Å². The van der Waals surface area contributed by atoms with E-state index in [0.29, 0.717) is 42.7 Å². The van der Waals surface area contributed by atoms with Crippen molar-refractivity contribution < 1.29 is 13.2 Å². The molecular weight excluding hydrogens is 396 g/mol. The normalized spacial score (nSPS) is 16.2. The van der Waals surface area contributed by atoms with Crippen molar-refractivity contribution in [1.29, 1.82) is 0 Å². The van der Waals surface area contributed by atoms with Crippen LogP contribution in [-0.2, 0) is 14.8 Å². The van der Waals surface area contributed by atoms with Crippen LogP contribution in [0.5, 0.6) is 0 Å². The zero-order chi connectivity index (χ0) is 21.9. The molecule has 1 aliphatic rings. The van der Waals surface area contributed by atoms with Crippen LogP contribution in [0.25, 0.3) is 0 Å². The number of rotatable bonds is 6. The third-order valence-corrected chi connectivity index (χ3v) is 7.77. The molecule has 1 heterocycles. The number of sulfonamides is 1. The van der Waals surface area contributed by atoms with Gasteiger partial charge in [0, 0.05) is 24.7 Å². The first kappa shape index (κ1) is 22.5. The van der Waals surface area contributed by atoms with Crippen LogP contribution in [-0.4, -0.2) is 31.7 Å². The number of hydrogen-bond acceptors (Lipinski definition) is 3. The van der Waals surface area contributed by atoms with Gasteiger partial charge < -0.3 is 5.32 Å². The Hall–Kier alpha value is -2.18. The maximum absolute atomic E-state index is 12.9. The highest BCUT2D eigenvalue weighted by Gasteiger charge is 2.32. The Bertz CT molecular complexity index is 957. The van der Waals surface area contributed by atoms with Gasteiger partial charge in [-0.2, -0.15) is 4.31 Å². The molecule has 1 amide bonds. The first-order valence-corrected chi connectivity index (χ1v) is 12.1. The first-order chi connectivity index (χ1) is 14.2. The number of amides is 1. The van der Waals surface area contributed by atoms with E-state index < -0.39 is 10.0 Å². The molecule has 0 saturated carbocycles. The molecule has 3 rings (SSSR count). The average Bonchev–Trinajstić information content (AvgIpc) is 2.74. The lowest BCUT2D eigenvalue weighted by Gasteiger charge is -2.30. The van der Waals surface area contributed by atoms with E-state index in [2.05, 4.69) is 33.0 Å². The van der Waals surface area contributed by atoms with Gasteiger partial charge in [0.25, 0.3) is 0 Å². The minimum atomic E-state index is -3.52. The van der Waals surface area contributed by atoms with Crippen molar-refractivity contribution in [1.82, 2.24) is 4.31 Å². The van der Waals surface area contributed by atoms with Crippen molar-refractivity contribution in [3.63, 3.8) is 0 Å². The predicted octanol–water partition coefficient (Wildman–Crippen LogP) is 4.97. The lowest BCUT2D eigenvalue weighted by Crippen LogP contribution is -2.41. The molecule has 30 heavy (non-hydrogen) atoms. The van der Waals surface area contributed by atoms with E-state index in [0.717, 1.165) is 11.3 Å². The van der Waals surface area contributed by atoms with E-state index in [4.69, 9.17) is 0 Å². The topological polar surface area (TPSA) is 66.5 Å². The summed E-state index contributed by atoms with van der Waals surface area (Å²) in [6.45, 7) is 9.15. The number of carbonyl (C=O) groups is 1. The van der Waals surface area contributed by atoms with E-state index in [1.165, 1.54) is 9.87 Å². The molecule has 1 saturated heterocycles. The lowest BCUT2D eigenvalue weighted by atomic mass is 9.97. The average molecular weight is 429 g/mol. The van der Waals surface area contributed by atoms with Crippen molar-refractivity contribution in [3.8, 4) is 0 Å². The molecule has 0 atom stereocenters. The SMILES string of the molecule is CC(C)c1ccc(NC(=O)C2CCN(S(=O)(=O)c3ccc(C(C)C)cc3)CC2)cc1. The van der Waals surface area contributed by atoms with Crippen LogP contribution >= 0.6 is 0 Å². The second-order valence-corrected chi connectivity index (χ2v) is 10.6. The molecule has 0 bridgehead atoms. The molecule has 0 aliphatic carbocycles. The van der Waals surface area contributed by atoms with Gasteiger partial charge in [0.15, 0.2) is 0 Å². The van der Waals surface area contributed by atoms with Gasteiger partial charge in [-0.25, -0.2) is 8.42 Å². The van der Waals surface area contributed by atoms with E-state index in [1.54, 1.807) is 12.1 Å². The summed E-state index contributed by atoms with van der Waals surface area (Å²) < 4.78 is 27.4. The van der Waals surface area contributed by atoms with Crippen molar-refractivity contribution in [2.45, 2.75) is 57.3 Å². The smallest absolute Gasteiger partial charge is 0.243 e. The fourth-order valence-electron chi connectivity index (χ4n) is 3.73. The van der Waals surface area contributed by atoms with Crippen molar-refractivity contribution in [2.75, 3.05) is 18.4 Å². The molecule has 2 aromatic carbocycles. The summed E-state index contributed by atoms with van der Waals surface area (Å²) >= 11 is 0. The standard InChI is InChI=1S/C24H32N2O3S/c1-17(2)19-5-9-22(10-6-19)25-24(27)21-13-15-26(16-14-21)30(28,29)23-11-7-20(8-12-23)18(3)4/h5-12,17-18,21H,13-16H2,1-4H3,(H,25,27). The zero-order valence-electron chi connectivity index (χ0n) is 18.3. The largest absolute Gasteiger partial charge is 0.326 e. The molecule has 0 spiro atoms. The Balaban J connectivity index is 1.58. The van der Waals surface area contributed by atoms with Crippen LogP contribution in [0.4, 0.5) is 5.69 Å². The van der Waals surface area contributed by atoms with Crippen LogP contribution < -0.4 is 5.32 Å². The summed E-state index contributed by atoms with van der Waals surface area (Å²) in [6, 6.07) is 15.0. The van der Waals surface area contributed by atoms with Crippen molar-refractivity contribution >= 4 is 21.6 Å². The Morgan fingerprint density at radius 3 is 1.80 bits per heavy atom. The Labute approximate surface area is 180 Å². The van der Waals surface area contributed by atoms with E-state index in [1.807, 2.05) is 36.4 Å². The lowest BCUT2D eigenvalue weighted by molar-refractivity contribution is -0.120. The third-order valence-electron chi connectivity index (χ3n) is 5.85. The van der Waals surface area contributed by atoms with Crippen LogP contribution in [0.2, 0.25) is 0 Å². The minimum Gasteiger partial charge on any atom is -0.326 e. The van der Waals surface area contributed by atoms with Gasteiger partial charge in [-0.05, 0) is 60.1 Å². The van der Waals surface area contributed by atoms with Gasteiger partial charge in [0.2, 0.25) is 15.9 Å². The van der Waals surface area contributed by atoms with E-state index in [-0.39, 0.29) is 11.8 Å². The molecule has 1 N–H and O–H groups in total. The molecule has 1 aliphatic heterocycles. The maximum atomic E-state index is 12.9. The van der Waals surface area contributed by atoms with Crippen LogP contribution in [0.3, 0.4) is 0 Å². The van der Waals surface area contributed by atoms with Crippen molar-refractivity contribution in [3.05, 3.63) is 59.7 Å². The minimum absolute atomic E-state index is 0.0365. The van der Waals surface area contributed by atoms with Gasteiger partial charge in [-0.3, -0.25) is 4.79 Å². The molecule has 0 aromatic heterocycles. The van der Waals surface area contributed by atoms with Crippen molar-refractivity contribution in [2.24, 2.45) is 5.92 Å². The summed E-state index contributed by atoms with van der Waals surface area (Å²) in [7, 11) is -3.52. The Morgan fingerprint density at radius 2 is 1.33 bits per heavy atom. The summed E-state index contributed by atoms with van der Waals surface area (Å²) in [6.07, 6.45) is 1.05. The Morgan fingerprint density at radius 1 is 0.867 bits per heavy atom. The summed E-state index contributed by atoms with van der Waals surface area (Å²) in [5, 5.41) is 2.97. The fraction of sp³-hybridized carbons (Fsp3) is 0.458. The second-order valence-electron chi connectivity index (χ2n) is 8.67. The molecule has 2 aromatic rings. The molecule has 0 radical (unpaired) electrons. The number of carbonyl (C=O) groups excluding carboxylic acids is 1. The number of nitrogens with one attached hydrogen (secondary N) is 1.